The van der Waals surface area contributed by atoms with Crippen molar-refractivity contribution in [2.24, 2.45) is 0 Å². The van der Waals surface area contributed by atoms with Crippen molar-refractivity contribution in [3.8, 4) is 11.3 Å². The molecule has 1 saturated heterocycles. The van der Waals surface area contributed by atoms with Gasteiger partial charge in [-0.05, 0) is 57.6 Å². The molecule has 4 aromatic rings. The van der Waals surface area contributed by atoms with E-state index in [1.807, 2.05) is 53.4 Å². The van der Waals surface area contributed by atoms with Crippen molar-refractivity contribution in [1.82, 2.24) is 15.1 Å². The van der Waals surface area contributed by atoms with Crippen LogP contribution in [-0.2, 0) is 0 Å². The average Bonchev–Trinajstić information content (AvgIpc) is 2.84. The number of nitrogens with zero attached hydrogens (tertiary/aromatic N) is 4. The SMILES string of the molecule is O=C(c1ccccc1I)N1CCN(c2ccc(-c3cccc4ccccc34)nn2)CC1. The third-order valence-electron chi connectivity index (χ3n) is 5.71. The number of rotatable bonds is 3. The number of fused-ring (bicyclic) bond motifs is 1. The van der Waals surface area contributed by atoms with E-state index in [0.29, 0.717) is 13.1 Å². The fraction of sp³-hybridized carbons (Fsp3) is 0.160. The minimum absolute atomic E-state index is 0.0991. The lowest BCUT2D eigenvalue weighted by atomic mass is 10.0. The zero-order valence-corrected chi connectivity index (χ0v) is 19.1. The zero-order valence-electron chi connectivity index (χ0n) is 16.9. The standard InChI is InChI=1S/C25H21IN4O/c26-22-11-4-3-9-21(22)25(31)30-16-14-29(15-17-30)24-13-12-23(27-28-24)20-10-5-7-18-6-1-2-8-19(18)20/h1-13H,14-17H2. The lowest BCUT2D eigenvalue weighted by molar-refractivity contribution is 0.0745. The van der Waals surface area contributed by atoms with Crippen molar-refractivity contribution >= 4 is 45.1 Å². The molecule has 1 aliphatic heterocycles. The third kappa shape index (κ3) is 3.99. The van der Waals surface area contributed by atoms with E-state index < -0.39 is 0 Å². The summed E-state index contributed by atoms with van der Waals surface area (Å²) in [6.45, 7) is 2.85. The highest BCUT2D eigenvalue weighted by atomic mass is 127. The summed E-state index contributed by atoms with van der Waals surface area (Å²) in [6.07, 6.45) is 0. The van der Waals surface area contributed by atoms with Crippen molar-refractivity contribution in [2.45, 2.75) is 0 Å². The molecule has 0 spiro atoms. The Morgan fingerprint density at radius 1 is 0.774 bits per heavy atom. The van der Waals surface area contributed by atoms with E-state index in [1.54, 1.807) is 0 Å². The number of aromatic nitrogens is 2. The zero-order chi connectivity index (χ0) is 21.2. The molecule has 3 aromatic carbocycles. The second kappa shape index (κ2) is 8.63. The quantitative estimate of drug-likeness (QED) is 0.362. The van der Waals surface area contributed by atoms with Gasteiger partial charge in [0.05, 0.1) is 11.3 Å². The molecule has 1 amide bonds. The van der Waals surface area contributed by atoms with E-state index in [9.17, 15) is 4.79 Å². The maximum Gasteiger partial charge on any atom is 0.255 e. The first-order valence-electron chi connectivity index (χ1n) is 10.3. The van der Waals surface area contributed by atoms with Crippen LogP contribution in [0.4, 0.5) is 5.82 Å². The Hall–Kier alpha value is -3.00. The van der Waals surface area contributed by atoms with Gasteiger partial charge in [-0.2, -0.15) is 0 Å². The monoisotopic (exact) mass is 520 g/mol. The van der Waals surface area contributed by atoms with Crippen LogP contribution in [0, 0.1) is 3.57 Å². The summed E-state index contributed by atoms with van der Waals surface area (Å²) in [5.41, 5.74) is 2.73. The van der Waals surface area contributed by atoms with Gasteiger partial charge in [0.2, 0.25) is 0 Å². The summed E-state index contributed by atoms with van der Waals surface area (Å²) in [4.78, 5) is 17.0. The van der Waals surface area contributed by atoms with Gasteiger partial charge in [-0.1, -0.05) is 54.6 Å². The van der Waals surface area contributed by atoms with Gasteiger partial charge in [0.15, 0.2) is 5.82 Å². The molecule has 1 aromatic heterocycles. The molecule has 0 atom stereocenters. The van der Waals surface area contributed by atoms with Gasteiger partial charge in [-0.15, -0.1) is 10.2 Å². The lowest BCUT2D eigenvalue weighted by Gasteiger charge is -2.35. The fourth-order valence-electron chi connectivity index (χ4n) is 4.03. The molecule has 0 radical (unpaired) electrons. The van der Waals surface area contributed by atoms with Gasteiger partial charge in [-0.25, -0.2) is 0 Å². The molecular formula is C25H21IN4O. The Balaban J connectivity index is 1.29. The first-order valence-corrected chi connectivity index (χ1v) is 11.4. The summed E-state index contributed by atoms with van der Waals surface area (Å²) in [5, 5.41) is 11.4. The highest BCUT2D eigenvalue weighted by molar-refractivity contribution is 14.1. The van der Waals surface area contributed by atoms with Crippen LogP contribution in [0.3, 0.4) is 0 Å². The summed E-state index contributed by atoms with van der Waals surface area (Å²) in [5.74, 6) is 0.951. The van der Waals surface area contributed by atoms with Gasteiger partial charge < -0.3 is 9.80 Å². The normalized spacial score (nSPS) is 14.1. The number of benzene rings is 3. The van der Waals surface area contributed by atoms with Gasteiger partial charge in [-0.3, -0.25) is 4.79 Å². The molecule has 31 heavy (non-hydrogen) atoms. The van der Waals surface area contributed by atoms with Crippen LogP contribution in [0.25, 0.3) is 22.0 Å². The van der Waals surface area contributed by atoms with Crippen molar-refractivity contribution in [1.29, 1.82) is 0 Å². The summed E-state index contributed by atoms with van der Waals surface area (Å²) < 4.78 is 0.988. The predicted octanol–water partition coefficient (Wildman–Crippen LogP) is 4.86. The number of carbonyl (C=O) groups excluding carboxylic acids is 1. The van der Waals surface area contributed by atoms with E-state index in [-0.39, 0.29) is 5.91 Å². The van der Waals surface area contributed by atoms with Crippen LogP contribution in [0.15, 0.2) is 78.9 Å². The van der Waals surface area contributed by atoms with Crippen LogP contribution < -0.4 is 4.90 Å². The molecule has 0 unspecified atom stereocenters. The first-order chi connectivity index (χ1) is 15.2. The second-order valence-electron chi connectivity index (χ2n) is 7.56. The van der Waals surface area contributed by atoms with Gasteiger partial charge in [0.25, 0.3) is 5.91 Å². The fourth-order valence-corrected chi connectivity index (χ4v) is 4.65. The molecule has 5 rings (SSSR count). The van der Waals surface area contributed by atoms with E-state index in [0.717, 1.165) is 39.3 Å². The Morgan fingerprint density at radius 3 is 2.29 bits per heavy atom. The molecule has 1 fully saturated rings. The molecule has 5 nitrogen and oxygen atoms in total. The van der Waals surface area contributed by atoms with Crippen LogP contribution in [0.2, 0.25) is 0 Å². The Labute approximate surface area is 194 Å². The lowest BCUT2D eigenvalue weighted by Crippen LogP contribution is -2.49. The third-order valence-corrected chi connectivity index (χ3v) is 6.65. The molecule has 154 valence electrons. The van der Waals surface area contributed by atoms with Crippen molar-refractivity contribution in [3.05, 3.63) is 88.0 Å². The summed E-state index contributed by atoms with van der Waals surface area (Å²) in [7, 11) is 0. The topological polar surface area (TPSA) is 49.3 Å². The van der Waals surface area contributed by atoms with Crippen LogP contribution in [0.5, 0.6) is 0 Å². The number of halogens is 1. The van der Waals surface area contributed by atoms with E-state index in [1.165, 1.54) is 10.8 Å². The van der Waals surface area contributed by atoms with Gasteiger partial charge >= 0.3 is 0 Å². The highest BCUT2D eigenvalue weighted by Crippen LogP contribution is 2.27. The molecule has 6 heteroatoms. The average molecular weight is 520 g/mol. The number of hydrogen-bond donors (Lipinski definition) is 0. The van der Waals surface area contributed by atoms with E-state index >= 15 is 0 Å². The van der Waals surface area contributed by atoms with Crippen LogP contribution in [0.1, 0.15) is 10.4 Å². The maximum atomic E-state index is 12.8. The Kier molecular flexibility index (Phi) is 5.55. The molecule has 0 aliphatic carbocycles. The van der Waals surface area contributed by atoms with Gasteiger partial charge in [0.1, 0.15) is 0 Å². The molecule has 1 aliphatic rings. The predicted molar refractivity (Wildman–Crippen MR) is 132 cm³/mol. The maximum absolute atomic E-state index is 12.8. The van der Waals surface area contributed by atoms with Crippen molar-refractivity contribution < 1.29 is 4.79 Å². The number of carbonyl (C=O) groups is 1. The van der Waals surface area contributed by atoms with Crippen molar-refractivity contribution in [2.75, 3.05) is 31.1 Å². The van der Waals surface area contributed by atoms with Crippen molar-refractivity contribution in [3.63, 3.8) is 0 Å². The van der Waals surface area contributed by atoms with Crippen LogP contribution in [-0.4, -0.2) is 47.2 Å². The molecular weight excluding hydrogens is 499 g/mol. The van der Waals surface area contributed by atoms with Gasteiger partial charge in [0, 0.05) is 35.3 Å². The van der Waals surface area contributed by atoms with Crippen LogP contribution >= 0.6 is 22.6 Å². The Bertz CT molecular complexity index is 1230. The van der Waals surface area contributed by atoms with E-state index in [2.05, 4.69) is 68.0 Å². The molecule has 0 saturated carbocycles. The minimum Gasteiger partial charge on any atom is -0.352 e. The number of amides is 1. The number of hydrogen-bond acceptors (Lipinski definition) is 4. The second-order valence-corrected chi connectivity index (χ2v) is 8.72. The minimum atomic E-state index is 0.0991. The number of piperazine rings is 1. The first kappa shape index (κ1) is 19.9. The largest absolute Gasteiger partial charge is 0.352 e. The molecule has 2 heterocycles. The molecule has 0 N–H and O–H groups in total. The Morgan fingerprint density at radius 2 is 1.52 bits per heavy atom. The summed E-state index contributed by atoms with van der Waals surface area (Å²) in [6, 6.07) is 26.4. The van der Waals surface area contributed by atoms with E-state index in [4.69, 9.17) is 0 Å². The molecule has 0 bridgehead atoms. The highest BCUT2D eigenvalue weighted by Gasteiger charge is 2.24. The number of anilines is 1. The summed E-state index contributed by atoms with van der Waals surface area (Å²) >= 11 is 2.22. The smallest absolute Gasteiger partial charge is 0.255 e.